The molecular weight excluding hydrogens is 467 g/mol. The van der Waals surface area contributed by atoms with Gasteiger partial charge in [-0.2, -0.15) is 0 Å². The molecule has 0 saturated heterocycles. The minimum atomic E-state index is -4.17. The predicted molar refractivity (Wildman–Crippen MR) is 109 cm³/mol. The van der Waals surface area contributed by atoms with Crippen LogP contribution < -0.4 is 10.0 Å². The van der Waals surface area contributed by atoms with Gasteiger partial charge in [0, 0.05) is 18.1 Å². The zero-order valence-electron chi connectivity index (χ0n) is 15.5. The van der Waals surface area contributed by atoms with Gasteiger partial charge in [0.15, 0.2) is 0 Å². The van der Waals surface area contributed by atoms with Crippen molar-refractivity contribution < 1.29 is 27.4 Å². The molecule has 7 nitrogen and oxygen atoms in total. The molecule has 3 rings (SSSR count). The minimum absolute atomic E-state index is 0.0459. The number of nitrogens with one attached hydrogen (secondary N) is 2. The third-order valence-corrected chi connectivity index (χ3v) is 6.32. The second-order valence-electron chi connectivity index (χ2n) is 6.67. The molecule has 1 saturated carbocycles. The number of ether oxygens (including phenoxy) is 1. The van der Waals surface area contributed by atoms with Crippen molar-refractivity contribution in [2.45, 2.75) is 23.7 Å². The van der Waals surface area contributed by atoms with Crippen LogP contribution in [0, 0.1) is 5.82 Å². The van der Waals surface area contributed by atoms with E-state index in [0.717, 1.165) is 18.9 Å². The Morgan fingerprint density at radius 3 is 2.69 bits per heavy atom. The maximum absolute atomic E-state index is 14.9. The summed E-state index contributed by atoms with van der Waals surface area (Å²) < 4.78 is 48.0. The average Bonchev–Trinajstić information content (AvgIpc) is 3.50. The average molecular weight is 487 g/mol. The van der Waals surface area contributed by atoms with Crippen LogP contribution >= 0.6 is 15.9 Å². The fourth-order valence-corrected chi connectivity index (χ4v) is 4.51. The number of hydrogen-bond acceptors (Lipinski definition) is 5. The molecule has 0 unspecified atom stereocenters. The summed E-state index contributed by atoms with van der Waals surface area (Å²) in [5.41, 5.74) is 0.0896. The lowest BCUT2D eigenvalue weighted by Gasteiger charge is -2.14. The summed E-state index contributed by atoms with van der Waals surface area (Å²) in [6, 6.07) is 6.54. The second kappa shape index (κ2) is 8.68. The molecule has 1 fully saturated rings. The molecular formula is C19H20BrFN2O5S. The number of phenolic OH excluding ortho intramolecular Hbond substituents is 1. The van der Waals surface area contributed by atoms with Crippen LogP contribution in [0.15, 0.2) is 39.7 Å². The normalized spacial score (nSPS) is 13.9. The summed E-state index contributed by atoms with van der Waals surface area (Å²) in [6.45, 7) is 0.451. The van der Waals surface area contributed by atoms with Crippen molar-refractivity contribution in [3.8, 4) is 5.75 Å². The van der Waals surface area contributed by atoms with E-state index in [1.54, 1.807) is 0 Å². The van der Waals surface area contributed by atoms with E-state index in [-0.39, 0.29) is 35.2 Å². The SMILES string of the molecule is COCCNC(=O)c1cc(NS(=O)(=O)c2cc(Br)ccc2O)cc(C2CC2)c1F. The highest BCUT2D eigenvalue weighted by molar-refractivity contribution is 9.10. The Labute approximate surface area is 176 Å². The van der Waals surface area contributed by atoms with Gasteiger partial charge in [-0.15, -0.1) is 0 Å². The van der Waals surface area contributed by atoms with E-state index >= 15 is 0 Å². The first-order chi connectivity index (χ1) is 13.7. The first-order valence-corrected chi connectivity index (χ1v) is 11.1. The molecule has 0 bridgehead atoms. The number of hydrogen-bond donors (Lipinski definition) is 3. The Hall–Kier alpha value is -2.17. The monoisotopic (exact) mass is 486 g/mol. The summed E-state index contributed by atoms with van der Waals surface area (Å²) in [6.07, 6.45) is 1.54. The number of carbonyl (C=O) groups is 1. The molecule has 0 atom stereocenters. The molecule has 1 amide bonds. The molecule has 2 aromatic carbocycles. The third-order valence-electron chi connectivity index (χ3n) is 4.42. The van der Waals surface area contributed by atoms with Crippen LogP contribution in [0.1, 0.15) is 34.7 Å². The van der Waals surface area contributed by atoms with Crippen LogP contribution in [0.4, 0.5) is 10.1 Å². The highest BCUT2D eigenvalue weighted by Crippen LogP contribution is 2.43. The van der Waals surface area contributed by atoms with Crippen LogP contribution in [-0.4, -0.2) is 39.7 Å². The van der Waals surface area contributed by atoms with Gasteiger partial charge in [-0.1, -0.05) is 15.9 Å². The summed E-state index contributed by atoms with van der Waals surface area (Å²) in [4.78, 5) is 12.1. The van der Waals surface area contributed by atoms with E-state index in [1.165, 1.54) is 31.4 Å². The molecule has 29 heavy (non-hydrogen) atoms. The van der Waals surface area contributed by atoms with Crippen molar-refractivity contribution in [1.82, 2.24) is 5.32 Å². The van der Waals surface area contributed by atoms with Crippen LogP contribution in [0.2, 0.25) is 0 Å². The van der Waals surface area contributed by atoms with E-state index in [2.05, 4.69) is 26.0 Å². The molecule has 0 aliphatic heterocycles. The summed E-state index contributed by atoms with van der Waals surface area (Å²) in [5, 5.41) is 12.5. The highest BCUT2D eigenvalue weighted by Gasteiger charge is 2.30. The second-order valence-corrected chi connectivity index (χ2v) is 9.23. The first kappa shape index (κ1) is 21.5. The fourth-order valence-electron chi connectivity index (χ4n) is 2.84. The summed E-state index contributed by atoms with van der Waals surface area (Å²) in [5.74, 6) is -1.80. The van der Waals surface area contributed by atoms with Gasteiger partial charge in [0.1, 0.15) is 16.5 Å². The standard InChI is InChI=1S/C19H20BrFN2O5S/c1-28-7-6-22-19(25)15-10-13(9-14(18(15)21)11-2-3-11)23-29(26,27)17-8-12(20)4-5-16(17)24/h4-5,8-11,23-24H,2-3,6-7H2,1H3,(H,22,25). The van der Waals surface area contributed by atoms with Crippen molar-refractivity contribution in [3.05, 3.63) is 51.7 Å². The maximum Gasteiger partial charge on any atom is 0.265 e. The number of sulfonamides is 1. The minimum Gasteiger partial charge on any atom is -0.507 e. The van der Waals surface area contributed by atoms with Gasteiger partial charge in [0.05, 0.1) is 17.9 Å². The summed E-state index contributed by atoms with van der Waals surface area (Å²) >= 11 is 3.17. The molecule has 0 heterocycles. The molecule has 0 spiro atoms. The Balaban J connectivity index is 1.96. The molecule has 0 aromatic heterocycles. The molecule has 1 aliphatic rings. The molecule has 0 radical (unpaired) electrons. The Morgan fingerprint density at radius 1 is 1.31 bits per heavy atom. The van der Waals surface area contributed by atoms with E-state index in [4.69, 9.17) is 4.74 Å². The van der Waals surface area contributed by atoms with Crippen LogP contribution in [0.3, 0.4) is 0 Å². The lowest BCUT2D eigenvalue weighted by Crippen LogP contribution is -2.28. The van der Waals surface area contributed by atoms with Gasteiger partial charge in [-0.25, -0.2) is 12.8 Å². The van der Waals surface area contributed by atoms with Gasteiger partial charge in [0.25, 0.3) is 15.9 Å². The molecule has 1 aliphatic carbocycles. The number of carbonyl (C=O) groups excluding carboxylic acids is 1. The molecule has 156 valence electrons. The number of phenols is 1. The number of benzene rings is 2. The van der Waals surface area contributed by atoms with Crippen molar-refractivity contribution in [2.75, 3.05) is 25.0 Å². The quantitative estimate of drug-likeness (QED) is 0.496. The van der Waals surface area contributed by atoms with E-state index < -0.39 is 27.5 Å². The zero-order chi connectivity index (χ0) is 21.2. The lowest BCUT2D eigenvalue weighted by molar-refractivity contribution is 0.0933. The van der Waals surface area contributed by atoms with Gasteiger partial charge in [-0.3, -0.25) is 9.52 Å². The third kappa shape index (κ3) is 5.06. The van der Waals surface area contributed by atoms with Crippen LogP contribution in [-0.2, 0) is 14.8 Å². The van der Waals surface area contributed by atoms with Gasteiger partial charge >= 0.3 is 0 Å². The van der Waals surface area contributed by atoms with Gasteiger partial charge < -0.3 is 15.2 Å². The van der Waals surface area contributed by atoms with Crippen molar-refractivity contribution >= 4 is 37.5 Å². The largest absolute Gasteiger partial charge is 0.507 e. The van der Waals surface area contributed by atoms with E-state index in [1.807, 2.05) is 0 Å². The Kier molecular flexibility index (Phi) is 6.45. The van der Waals surface area contributed by atoms with Crippen molar-refractivity contribution in [3.63, 3.8) is 0 Å². The van der Waals surface area contributed by atoms with E-state index in [9.17, 15) is 22.7 Å². The van der Waals surface area contributed by atoms with Crippen molar-refractivity contribution in [2.24, 2.45) is 0 Å². The lowest BCUT2D eigenvalue weighted by atomic mass is 10.0. The predicted octanol–water partition coefficient (Wildman–Crippen LogP) is 3.35. The van der Waals surface area contributed by atoms with Gasteiger partial charge in [0.2, 0.25) is 0 Å². The molecule has 10 heteroatoms. The van der Waals surface area contributed by atoms with Crippen molar-refractivity contribution in [1.29, 1.82) is 0 Å². The zero-order valence-corrected chi connectivity index (χ0v) is 17.9. The number of amides is 1. The smallest absolute Gasteiger partial charge is 0.265 e. The van der Waals surface area contributed by atoms with Crippen LogP contribution in [0.5, 0.6) is 5.75 Å². The number of rotatable bonds is 8. The summed E-state index contributed by atoms with van der Waals surface area (Å²) in [7, 11) is -2.69. The van der Waals surface area contributed by atoms with Crippen LogP contribution in [0.25, 0.3) is 0 Å². The first-order valence-electron chi connectivity index (χ1n) is 8.85. The van der Waals surface area contributed by atoms with E-state index in [0.29, 0.717) is 10.0 Å². The van der Waals surface area contributed by atoms with Gasteiger partial charge in [-0.05, 0) is 54.7 Å². The highest BCUT2D eigenvalue weighted by atomic mass is 79.9. The maximum atomic E-state index is 14.9. The number of halogens is 2. The fraction of sp³-hybridized carbons (Fsp3) is 0.316. The number of methoxy groups -OCH3 is 1. The number of anilines is 1. The molecule has 2 aromatic rings. The molecule has 3 N–H and O–H groups in total. The number of aromatic hydroxyl groups is 1. The topological polar surface area (TPSA) is 105 Å². The Morgan fingerprint density at radius 2 is 2.03 bits per heavy atom. The Bertz CT molecular complexity index is 1040.